The molecule has 0 aliphatic rings. The van der Waals surface area contributed by atoms with Crippen LogP contribution in [0.5, 0.6) is 0 Å². The Morgan fingerprint density at radius 1 is 1.07 bits per heavy atom. The minimum absolute atomic E-state index is 0.0533. The molecule has 0 saturated carbocycles. The van der Waals surface area contributed by atoms with Crippen LogP contribution < -0.4 is 16.4 Å². The Bertz CT molecular complexity index is 1050. The molecule has 0 saturated heterocycles. The number of halogens is 3. The third kappa shape index (κ3) is 4.67. The predicted molar refractivity (Wildman–Crippen MR) is 98.5 cm³/mol. The van der Waals surface area contributed by atoms with Crippen LogP contribution in [0.1, 0.15) is 24.2 Å². The van der Waals surface area contributed by atoms with Crippen molar-refractivity contribution in [2.45, 2.75) is 25.4 Å². The maximum atomic E-state index is 12.9. The van der Waals surface area contributed by atoms with E-state index in [0.29, 0.717) is 29.6 Å². The van der Waals surface area contributed by atoms with Gasteiger partial charge in [-0.2, -0.15) is 13.2 Å². The van der Waals surface area contributed by atoms with Crippen LogP contribution in [0.3, 0.4) is 0 Å². The highest BCUT2D eigenvalue weighted by Gasteiger charge is 2.33. The molecule has 1 amide bonds. The van der Waals surface area contributed by atoms with Gasteiger partial charge in [-0.05, 0) is 30.7 Å². The van der Waals surface area contributed by atoms with E-state index in [-0.39, 0.29) is 17.7 Å². The number of hydrazine groups is 1. The number of benzene rings is 2. The number of aryl methyl sites for hydroxylation is 1. The molecule has 1 heterocycles. The van der Waals surface area contributed by atoms with Gasteiger partial charge < -0.3 is 4.98 Å². The van der Waals surface area contributed by atoms with Crippen molar-refractivity contribution < 1.29 is 18.0 Å². The van der Waals surface area contributed by atoms with Crippen molar-refractivity contribution >= 4 is 22.5 Å². The van der Waals surface area contributed by atoms with Gasteiger partial charge in [0.1, 0.15) is 5.82 Å². The molecule has 2 aromatic carbocycles. The van der Waals surface area contributed by atoms with Crippen molar-refractivity contribution in [2.75, 3.05) is 5.43 Å². The van der Waals surface area contributed by atoms with Crippen molar-refractivity contribution in [3.05, 3.63) is 70.3 Å². The molecule has 9 heteroatoms. The molecule has 0 bridgehead atoms. The van der Waals surface area contributed by atoms with Gasteiger partial charge in [-0.1, -0.05) is 24.3 Å². The fraction of sp³-hybridized carbons (Fsp3) is 0.211. The van der Waals surface area contributed by atoms with Gasteiger partial charge in [0, 0.05) is 12.8 Å². The Morgan fingerprint density at radius 2 is 1.79 bits per heavy atom. The number of anilines is 1. The minimum Gasteiger partial charge on any atom is -0.310 e. The summed E-state index contributed by atoms with van der Waals surface area (Å²) in [6.07, 6.45) is -3.75. The number of fused-ring (bicyclic) bond motifs is 1. The summed E-state index contributed by atoms with van der Waals surface area (Å²) in [6.45, 7) is 0. The number of alkyl halides is 3. The Kier molecular flexibility index (Phi) is 5.62. The normalized spacial score (nSPS) is 11.4. The van der Waals surface area contributed by atoms with Crippen LogP contribution >= 0.6 is 0 Å². The molecule has 0 unspecified atom stereocenters. The SMILES string of the molecule is O=C(CCCc1nc2ccccc2c(=O)[nH]1)NNc1ccccc1C(F)(F)F. The number of aromatic amines is 1. The molecular weight excluding hydrogens is 373 g/mol. The third-order valence-corrected chi connectivity index (χ3v) is 4.05. The Hall–Kier alpha value is -3.36. The van der Waals surface area contributed by atoms with Gasteiger partial charge in [0.15, 0.2) is 0 Å². The van der Waals surface area contributed by atoms with E-state index >= 15 is 0 Å². The van der Waals surface area contributed by atoms with Crippen LogP contribution in [0.4, 0.5) is 18.9 Å². The van der Waals surface area contributed by atoms with E-state index in [1.807, 2.05) is 0 Å². The summed E-state index contributed by atoms with van der Waals surface area (Å²) < 4.78 is 38.8. The number of amides is 1. The smallest absolute Gasteiger partial charge is 0.310 e. The zero-order valence-electron chi connectivity index (χ0n) is 14.6. The van der Waals surface area contributed by atoms with Crippen molar-refractivity contribution in [3.63, 3.8) is 0 Å². The maximum Gasteiger partial charge on any atom is 0.418 e. The molecule has 3 rings (SSSR count). The van der Waals surface area contributed by atoms with E-state index in [1.54, 1.807) is 24.3 Å². The molecule has 0 spiro atoms. The number of rotatable bonds is 6. The van der Waals surface area contributed by atoms with E-state index in [4.69, 9.17) is 0 Å². The highest BCUT2D eigenvalue weighted by Crippen LogP contribution is 2.34. The average molecular weight is 390 g/mol. The number of H-pyrrole nitrogens is 1. The summed E-state index contributed by atoms with van der Waals surface area (Å²) >= 11 is 0. The number of para-hydroxylation sites is 2. The van der Waals surface area contributed by atoms with Crippen LogP contribution in [-0.2, 0) is 17.4 Å². The molecule has 28 heavy (non-hydrogen) atoms. The first-order valence-electron chi connectivity index (χ1n) is 8.53. The molecular formula is C19H17F3N4O2. The zero-order valence-corrected chi connectivity index (χ0v) is 14.6. The monoisotopic (exact) mass is 390 g/mol. The molecule has 0 aliphatic carbocycles. The Morgan fingerprint density at radius 3 is 2.57 bits per heavy atom. The van der Waals surface area contributed by atoms with E-state index in [0.717, 1.165) is 6.07 Å². The van der Waals surface area contributed by atoms with Gasteiger partial charge in [-0.15, -0.1) is 0 Å². The Labute approximate surface area is 157 Å². The highest BCUT2D eigenvalue weighted by molar-refractivity contribution is 5.78. The zero-order chi connectivity index (χ0) is 20.1. The van der Waals surface area contributed by atoms with Crippen LogP contribution in [0.15, 0.2) is 53.3 Å². The number of aromatic nitrogens is 2. The lowest BCUT2D eigenvalue weighted by atomic mass is 10.2. The molecule has 0 radical (unpaired) electrons. The first kappa shape index (κ1) is 19.4. The standard InChI is InChI=1S/C19H17F3N4O2/c20-19(21,22)13-7-2-4-9-15(13)25-26-17(27)11-5-10-16-23-14-8-3-1-6-12(14)18(28)24-16/h1-4,6-9,25H,5,10-11H2,(H,26,27)(H,23,24,28). The van der Waals surface area contributed by atoms with E-state index in [9.17, 15) is 22.8 Å². The number of hydrogen-bond acceptors (Lipinski definition) is 4. The van der Waals surface area contributed by atoms with Gasteiger partial charge in [0.05, 0.1) is 22.2 Å². The van der Waals surface area contributed by atoms with E-state index < -0.39 is 17.6 Å². The molecule has 1 aromatic heterocycles. The molecule has 146 valence electrons. The largest absolute Gasteiger partial charge is 0.418 e. The highest BCUT2D eigenvalue weighted by atomic mass is 19.4. The second kappa shape index (κ2) is 8.12. The quantitative estimate of drug-likeness (QED) is 0.563. The molecule has 6 nitrogen and oxygen atoms in total. The van der Waals surface area contributed by atoms with Gasteiger partial charge >= 0.3 is 6.18 Å². The first-order chi connectivity index (χ1) is 13.3. The predicted octanol–water partition coefficient (Wildman–Crippen LogP) is 3.41. The molecule has 0 atom stereocenters. The summed E-state index contributed by atoms with van der Waals surface area (Å²) in [6, 6.07) is 11.8. The summed E-state index contributed by atoms with van der Waals surface area (Å²) in [5.41, 5.74) is 3.78. The summed E-state index contributed by atoms with van der Waals surface area (Å²) in [4.78, 5) is 30.9. The van der Waals surface area contributed by atoms with Gasteiger partial charge in [-0.3, -0.25) is 20.4 Å². The molecule has 0 aliphatic heterocycles. The second-order valence-electron chi connectivity index (χ2n) is 6.10. The minimum atomic E-state index is -4.53. The van der Waals surface area contributed by atoms with Crippen molar-refractivity contribution in [3.8, 4) is 0 Å². The lowest BCUT2D eigenvalue weighted by Gasteiger charge is -2.14. The summed E-state index contributed by atoms with van der Waals surface area (Å²) in [7, 11) is 0. The first-order valence-corrected chi connectivity index (χ1v) is 8.53. The maximum absolute atomic E-state index is 12.9. The van der Waals surface area contributed by atoms with Gasteiger partial charge in [-0.25, -0.2) is 4.98 Å². The molecule has 3 N–H and O–H groups in total. The fourth-order valence-corrected chi connectivity index (χ4v) is 2.71. The third-order valence-electron chi connectivity index (χ3n) is 4.05. The van der Waals surface area contributed by atoms with Crippen LogP contribution in [0.2, 0.25) is 0 Å². The van der Waals surface area contributed by atoms with Crippen LogP contribution in [-0.4, -0.2) is 15.9 Å². The van der Waals surface area contributed by atoms with Crippen molar-refractivity contribution in [1.82, 2.24) is 15.4 Å². The lowest BCUT2D eigenvalue weighted by molar-refractivity contribution is -0.137. The average Bonchev–Trinajstić information content (AvgIpc) is 2.66. The second-order valence-corrected chi connectivity index (χ2v) is 6.10. The number of nitrogens with one attached hydrogen (secondary N) is 3. The Balaban J connectivity index is 1.54. The summed E-state index contributed by atoms with van der Waals surface area (Å²) in [5.74, 6) is -0.0213. The number of hydrogen-bond donors (Lipinski definition) is 3. The van der Waals surface area contributed by atoms with Crippen LogP contribution in [0, 0.1) is 0 Å². The molecule has 3 aromatic rings. The number of carbonyl (C=O) groups is 1. The van der Waals surface area contributed by atoms with Crippen molar-refractivity contribution in [1.29, 1.82) is 0 Å². The molecule has 0 fully saturated rings. The van der Waals surface area contributed by atoms with Gasteiger partial charge in [0.2, 0.25) is 5.91 Å². The summed E-state index contributed by atoms with van der Waals surface area (Å²) in [5, 5.41) is 0.483. The van der Waals surface area contributed by atoms with E-state index in [2.05, 4.69) is 20.8 Å². The lowest BCUT2D eigenvalue weighted by Crippen LogP contribution is -2.30. The van der Waals surface area contributed by atoms with E-state index in [1.165, 1.54) is 18.2 Å². The van der Waals surface area contributed by atoms with Gasteiger partial charge in [0.25, 0.3) is 5.56 Å². The number of carbonyl (C=O) groups excluding carboxylic acids is 1. The fourth-order valence-electron chi connectivity index (χ4n) is 2.71. The number of nitrogens with zero attached hydrogens (tertiary/aromatic N) is 1. The topological polar surface area (TPSA) is 86.9 Å². The van der Waals surface area contributed by atoms with Crippen LogP contribution in [0.25, 0.3) is 10.9 Å². The van der Waals surface area contributed by atoms with Crippen molar-refractivity contribution in [2.24, 2.45) is 0 Å².